The van der Waals surface area contributed by atoms with E-state index in [1.54, 1.807) is 0 Å². The lowest BCUT2D eigenvalue weighted by atomic mass is 9.93. The van der Waals surface area contributed by atoms with Gasteiger partial charge in [0.05, 0.1) is 11.4 Å². The first-order chi connectivity index (χ1) is 14.9. The number of carbonyl (C=O) groups excluding carboxylic acids is 1. The van der Waals surface area contributed by atoms with Crippen molar-refractivity contribution < 1.29 is 46.5 Å². The summed E-state index contributed by atoms with van der Waals surface area (Å²) in [6.45, 7) is 2.85. The van der Waals surface area contributed by atoms with Crippen LogP contribution in [0.15, 0.2) is 30.3 Å². The summed E-state index contributed by atoms with van der Waals surface area (Å²) in [6.07, 6.45) is -4.93. The number of nitrogens with zero attached hydrogens (tertiary/aromatic N) is 1. The molecule has 0 radical (unpaired) electrons. The van der Waals surface area contributed by atoms with Gasteiger partial charge >= 0.3 is 12.3 Å². The number of aromatic nitrogens is 1. The van der Waals surface area contributed by atoms with Gasteiger partial charge in [0.25, 0.3) is 5.91 Å². The summed E-state index contributed by atoms with van der Waals surface area (Å²) in [5.41, 5.74) is -0.610. The van der Waals surface area contributed by atoms with Crippen LogP contribution < -0.4 is 4.74 Å². The van der Waals surface area contributed by atoms with E-state index in [2.05, 4.69) is 4.74 Å². The molecule has 0 bridgehead atoms. The van der Waals surface area contributed by atoms with Crippen molar-refractivity contribution in [3.63, 3.8) is 0 Å². The van der Waals surface area contributed by atoms with Crippen LogP contribution in [0, 0.1) is 18.6 Å². The molecule has 1 aromatic heterocycles. The summed E-state index contributed by atoms with van der Waals surface area (Å²) in [6, 6.07) is 4.52. The molecule has 3 aromatic rings. The molecule has 6 nitrogen and oxygen atoms in total. The van der Waals surface area contributed by atoms with E-state index in [-0.39, 0.29) is 28.8 Å². The topological polar surface area (TPSA) is 88.8 Å². The predicted octanol–water partition coefficient (Wildman–Crippen LogP) is 5.10. The van der Waals surface area contributed by atoms with Crippen LogP contribution in [-0.2, 0) is 4.79 Å². The molecule has 1 unspecified atom stereocenters. The first-order valence-corrected chi connectivity index (χ1v) is 9.22. The Morgan fingerprint density at radius 1 is 1.16 bits per heavy atom. The second-order valence-electron chi connectivity index (χ2n) is 6.93. The first-order valence-electron chi connectivity index (χ1n) is 9.22. The third-order valence-electron chi connectivity index (χ3n) is 5.00. The molecule has 0 amide bonds. The maximum absolute atomic E-state index is 14.8. The van der Waals surface area contributed by atoms with Crippen molar-refractivity contribution in [2.75, 3.05) is 0 Å². The number of phenolic OH excluding ortho intramolecular Hbond substituents is 1. The van der Waals surface area contributed by atoms with Gasteiger partial charge in [-0.15, -0.1) is 13.2 Å². The van der Waals surface area contributed by atoms with Crippen LogP contribution in [-0.4, -0.2) is 33.0 Å². The molecule has 0 saturated heterocycles. The molecular weight excluding hydrogens is 441 g/mol. The van der Waals surface area contributed by atoms with E-state index in [1.165, 1.54) is 13.8 Å². The van der Waals surface area contributed by atoms with Gasteiger partial charge in [-0.05, 0) is 43.2 Å². The average Bonchev–Trinajstić information content (AvgIpc) is 2.97. The van der Waals surface area contributed by atoms with Gasteiger partial charge in [0.1, 0.15) is 5.75 Å². The van der Waals surface area contributed by atoms with Crippen LogP contribution in [0.5, 0.6) is 11.5 Å². The second kappa shape index (κ2) is 8.13. The molecule has 1 heterocycles. The van der Waals surface area contributed by atoms with Crippen LogP contribution in [0.3, 0.4) is 0 Å². The number of phenols is 1. The Morgan fingerprint density at radius 3 is 2.25 bits per heavy atom. The average molecular weight is 457 g/mol. The zero-order valence-electron chi connectivity index (χ0n) is 16.6. The highest BCUT2D eigenvalue weighted by molar-refractivity contribution is 6.05. The molecular formula is C21H16F5NO5. The number of carboxylic acid groups (broad SMARTS) is 1. The molecule has 2 aromatic carbocycles. The molecule has 0 fully saturated rings. The van der Waals surface area contributed by atoms with Crippen LogP contribution in [0.1, 0.15) is 40.9 Å². The Hall–Kier alpha value is -3.63. The third kappa shape index (κ3) is 3.97. The molecule has 3 rings (SSSR count). The van der Waals surface area contributed by atoms with Crippen LogP contribution in [0.2, 0.25) is 0 Å². The lowest BCUT2D eigenvalue weighted by Crippen LogP contribution is -2.18. The van der Waals surface area contributed by atoms with Gasteiger partial charge in [-0.25, -0.2) is 8.78 Å². The Labute approximate surface area is 177 Å². The van der Waals surface area contributed by atoms with E-state index in [9.17, 15) is 41.8 Å². The van der Waals surface area contributed by atoms with E-state index in [0.29, 0.717) is 6.07 Å². The molecule has 0 saturated carbocycles. The molecule has 170 valence electrons. The molecule has 0 aliphatic rings. The van der Waals surface area contributed by atoms with Gasteiger partial charge in [0, 0.05) is 22.7 Å². The molecule has 1 atom stereocenters. The fourth-order valence-corrected chi connectivity index (χ4v) is 3.63. The van der Waals surface area contributed by atoms with Crippen molar-refractivity contribution in [2.45, 2.75) is 32.5 Å². The van der Waals surface area contributed by atoms with Crippen LogP contribution in [0.25, 0.3) is 10.9 Å². The number of rotatable bonds is 5. The van der Waals surface area contributed by atoms with Crippen LogP contribution in [0.4, 0.5) is 22.0 Å². The lowest BCUT2D eigenvalue weighted by Gasteiger charge is -2.12. The third-order valence-corrected chi connectivity index (χ3v) is 5.00. The van der Waals surface area contributed by atoms with Gasteiger partial charge in [0.15, 0.2) is 17.4 Å². The maximum atomic E-state index is 14.8. The predicted molar refractivity (Wildman–Crippen MR) is 102 cm³/mol. The van der Waals surface area contributed by atoms with E-state index in [0.717, 1.165) is 28.8 Å². The number of aromatic hydroxyl groups is 1. The normalized spacial score (nSPS) is 12.7. The standard InChI is InChI=1S/C21H16F5NO5/c1-3-12(20(30)31)15-9(2)27(14-8-13(22)18(28)17(23)16(14)15)19(29)10-4-6-11(7-5-10)32-21(24,25)26/h4-8,12,28H,3H2,1-2H3,(H,30,31). The smallest absolute Gasteiger partial charge is 0.503 e. The highest BCUT2D eigenvalue weighted by Gasteiger charge is 2.33. The molecule has 0 spiro atoms. The monoisotopic (exact) mass is 457 g/mol. The van der Waals surface area contributed by atoms with Gasteiger partial charge in [-0.2, -0.15) is 0 Å². The summed E-state index contributed by atoms with van der Waals surface area (Å²) >= 11 is 0. The summed E-state index contributed by atoms with van der Waals surface area (Å²) in [7, 11) is 0. The minimum atomic E-state index is -4.93. The van der Waals surface area contributed by atoms with Gasteiger partial charge in [-0.3, -0.25) is 14.2 Å². The number of halogens is 5. The van der Waals surface area contributed by atoms with Gasteiger partial charge in [-0.1, -0.05) is 6.92 Å². The second-order valence-corrected chi connectivity index (χ2v) is 6.93. The quantitative estimate of drug-likeness (QED) is 0.521. The fourth-order valence-electron chi connectivity index (χ4n) is 3.63. The number of benzene rings is 2. The minimum absolute atomic E-state index is 0.00450. The van der Waals surface area contributed by atoms with Crippen molar-refractivity contribution in [3.8, 4) is 11.5 Å². The molecule has 0 aliphatic carbocycles. The number of hydrogen-bond acceptors (Lipinski definition) is 4. The first kappa shape index (κ1) is 23.0. The number of carbonyl (C=O) groups is 2. The minimum Gasteiger partial charge on any atom is -0.503 e. The Kier molecular flexibility index (Phi) is 5.86. The zero-order chi connectivity index (χ0) is 24.0. The van der Waals surface area contributed by atoms with Crippen molar-refractivity contribution in [2.24, 2.45) is 0 Å². The summed E-state index contributed by atoms with van der Waals surface area (Å²) in [4.78, 5) is 24.9. The number of hydrogen-bond donors (Lipinski definition) is 2. The highest BCUT2D eigenvalue weighted by atomic mass is 19.4. The van der Waals surface area contributed by atoms with E-state index in [4.69, 9.17) is 0 Å². The SMILES string of the molecule is CCC(C(=O)O)c1c(C)n(C(=O)c2ccc(OC(F)(F)F)cc2)c2cc(F)c(O)c(F)c12. The lowest BCUT2D eigenvalue weighted by molar-refractivity contribution is -0.274. The van der Waals surface area contributed by atoms with Gasteiger partial charge in [0.2, 0.25) is 0 Å². The molecule has 32 heavy (non-hydrogen) atoms. The number of alkyl halides is 3. The number of carboxylic acids is 1. The number of fused-ring (bicyclic) bond motifs is 1. The summed E-state index contributed by atoms with van der Waals surface area (Å²) < 4.78 is 70.6. The van der Waals surface area contributed by atoms with E-state index >= 15 is 0 Å². The van der Waals surface area contributed by atoms with E-state index < -0.39 is 52.7 Å². The summed E-state index contributed by atoms with van der Waals surface area (Å²) in [5.74, 6) is -8.15. The molecule has 11 heteroatoms. The molecule has 2 N–H and O–H groups in total. The van der Waals surface area contributed by atoms with Crippen molar-refractivity contribution in [1.29, 1.82) is 0 Å². The van der Waals surface area contributed by atoms with Crippen LogP contribution >= 0.6 is 0 Å². The summed E-state index contributed by atoms with van der Waals surface area (Å²) in [5, 5.41) is 18.8. The van der Waals surface area contributed by atoms with Crippen molar-refractivity contribution in [1.82, 2.24) is 4.57 Å². The largest absolute Gasteiger partial charge is 0.573 e. The molecule has 0 aliphatic heterocycles. The van der Waals surface area contributed by atoms with E-state index in [1.807, 2.05) is 0 Å². The van der Waals surface area contributed by atoms with Crippen molar-refractivity contribution in [3.05, 3.63) is 58.8 Å². The highest BCUT2D eigenvalue weighted by Crippen LogP contribution is 2.39. The fraction of sp³-hybridized carbons (Fsp3) is 0.238. The maximum Gasteiger partial charge on any atom is 0.573 e. The Morgan fingerprint density at radius 2 is 1.75 bits per heavy atom. The number of aliphatic carboxylic acids is 1. The Balaban J connectivity index is 2.23. The zero-order valence-corrected chi connectivity index (χ0v) is 16.6. The van der Waals surface area contributed by atoms with Crippen molar-refractivity contribution >= 4 is 22.8 Å². The number of ether oxygens (including phenoxy) is 1. The Bertz CT molecular complexity index is 1210. The van der Waals surface area contributed by atoms with Gasteiger partial charge < -0.3 is 14.9 Å².